The summed E-state index contributed by atoms with van der Waals surface area (Å²) in [6.07, 6.45) is 3.97. The van der Waals surface area contributed by atoms with E-state index in [1.807, 2.05) is 0 Å². The van der Waals surface area contributed by atoms with Gasteiger partial charge in [-0.2, -0.15) is 4.98 Å². The van der Waals surface area contributed by atoms with E-state index in [-0.39, 0.29) is 0 Å². The minimum absolute atomic E-state index is 0.541. The zero-order chi connectivity index (χ0) is 14.7. The molecule has 0 unspecified atom stereocenters. The Kier molecular flexibility index (Phi) is 4.52. The Hall–Kier alpha value is -1.44. The second-order valence-electron chi connectivity index (χ2n) is 4.97. The van der Waals surface area contributed by atoms with Gasteiger partial charge in [-0.1, -0.05) is 5.16 Å². The van der Waals surface area contributed by atoms with Gasteiger partial charge in [0.05, 0.1) is 30.4 Å². The first-order chi connectivity index (χ1) is 10.3. The molecule has 0 saturated carbocycles. The van der Waals surface area contributed by atoms with Gasteiger partial charge in [0.25, 0.3) is 5.89 Å². The Balaban J connectivity index is 1.65. The van der Waals surface area contributed by atoms with Crippen LogP contribution < -0.4 is 5.73 Å². The highest BCUT2D eigenvalue weighted by Gasteiger charge is 2.25. The monoisotopic (exact) mass is 309 g/mol. The van der Waals surface area contributed by atoms with Crippen molar-refractivity contribution >= 4 is 16.3 Å². The molecule has 7 heteroatoms. The summed E-state index contributed by atoms with van der Waals surface area (Å²) in [7, 11) is 1.65. The van der Waals surface area contributed by atoms with Crippen LogP contribution in [0.4, 0.5) is 5.00 Å². The minimum Gasteiger partial charge on any atom is -0.390 e. The quantitative estimate of drug-likeness (QED) is 0.788. The summed E-state index contributed by atoms with van der Waals surface area (Å²) in [6, 6.07) is 0. The number of rotatable bonds is 7. The number of aryl methyl sites for hydroxylation is 1. The molecule has 0 spiro atoms. The Morgan fingerprint density at radius 1 is 1.29 bits per heavy atom. The lowest BCUT2D eigenvalue weighted by atomic mass is 10.1. The molecule has 1 aliphatic rings. The third-order valence-corrected chi connectivity index (χ3v) is 4.65. The summed E-state index contributed by atoms with van der Waals surface area (Å²) in [5.41, 5.74) is 8.35. The zero-order valence-electron chi connectivity index (χ0n) is 12.1. The van der Waals surface area contributed by atoms with E-state index >= 15 is 0 Å². The number of nitrogens with zero attached hydrogens (tertiary/aromatic N) is 2. The van der Waals surface area contributed by atoms with Crippen molar-refractivity contribution < 1.29 is 14.0 Å². The third kappa shape index (κ3) is 3.09. The molecular formula is C14H19N3O3S. The third-order valence-electron chi connectivity index (χ3n) is 3.53. The summed E-state index contributed by atoms with van der Waals surface area (Å²) >= 11 is 1.65. The van der Waals surface area contributed by atoms with Crippen LogP contribution in [-0.2, 0) is 28.7 Å². The van der Waals surface area contributed by atoms with E-state index in [0.29, 0.717) is 38.0 Å². The number of thiophene rings is 1. The molecule has 2 N–H and O–H groups in total. The van der Waals surface area contributed by atoms with Gasteiger partial charge < -0.3 is 19.7 Å². The SMILES string of the molecule is COCCOCCc1noc(-c2c(N)sc3c2CCC3)n1. The first-order valence-electron chi connectivity index (χ1n) is 7.09. The molecule has 0 saturated heterocycles. The predicted molar refractivity (Wildman–Crippen MR) is 80.4 cm³/mol. The number of hydrogen-bond acceptors (Lipinski definition) is 7. The van der Waals surface area contributed by atoms with Gasteiger partial charge in [0.15, 0.2) is 5.82 Å². The Bertz CT molecular complexity index is 609. The number of nitrogen functional groups attached to an aromatic ring is 1. The molecule has 0 aromatic carbocycles. The summed E-state index contributed by atoms with van der Waals surface area (Å²) in [5, 5.41) is 4.79. The normalized spacial score (nSPS) is 13.8. The van der Waals surface area contributed by atoms with E-state index in [1.165, 1.54) is 16.9 Å². The van der Waals surface area contributed by atoms with Gasteiger partial charge in [0, 0.05) is 18.4 Å². The highest BCUT2D eigenvalue weighted by molar-refractivity contribution is 7.16. The lowest BCUT2D eigenvalue weighted by molar-refractivity contribution is 0.0714. The van der Waals surface area contributed by atoms with E-state index < -0.39 is 0 Å². The van der Waals surface area contributed by atoms with Crippen LogP contribution in [0.25, 0.3) is 11.5 Å². The molecule has 1 aliphatic carbocycles. The number of methoxy groups -OCH3 is 1. The van der Waals surface area contributed by atoms with Crippen molar-refractivity contribution in [2.45, 2.75) is 25.7 Å². The van der Waals surface area contributed by atoms with Crippen molar-refractivity contribution in [1.82, 2.24) is 10.1 Å². The maximum absolute atomic E-state index is 6.10. The predicted octanol–water partition coefficient (Wildman–Crippen LogP) is 2.07. The Labute approximate surface area is 127 Å². The molecule has 0 amide bonds. The van der Waals surface area contributed by atoms with E-state index in [9.17, 15) is 0 Å². The Morgan fingerprint density at radius 3 is 3.05 bits per heavy atom. The van der Waals surface area contributed by atoms with Crippen molar-refractivity contribution in [2.24, 2.45) is 0 Å². The van der Waals surface area contributed by atoms with Gasteiger partial charge in [-0.3, -0.25) is 0 Å². The molecule has 21 heavy (non-hydrogen) atoms. The average Bonchev–Trinajstić information content (AvgIpc) is 3.14. The molecule has 6 nitrogen and oxygen atoms in total. The maximum Gasteiger partial charge on any atom is 0.261 e. The van der Waals surface area contributed by atoms with Crippen molar-refractivity contribution in [3.8, 4) is 11.5 Å². The van der Waals surface area contributed by atoms with Gasteiger partial charge in [-0.05, 0) is 24.8 Å². The molecule has 0 atom stereocenters. The van der Waals surface area contributed by atoms with Gasteiger partial charge in [0.2, 0.25) is 0 Å². The molecule has 0 bridgehead atoms. The number of anilines is 1. The van der Waals surface area contributed by atoms with Gasteiger partial charge >= 0.3 is 0 Å². The highest BCUT2D eigenvalue weighted by Crippen LogP contribution is 2.42. The standard InChI is InChI=1S/C14H19N3O3S/c1-18-7-8-19-6-5-11-16-14(20-17-11)12-9-3-2-4-10(9)21-13(12)15/h2-8,15H2,1H3. The fraction of sp³-hybridized carbons (Fsp3) is 0.571. The van der Waals surface area contributed by atoms with E-state index in [1.54, 1.807) is 18.4 Å². The summed E-state index contributed by atoms with van der Waals surface area (Å²) in [6.45, 7) is 1.72. The van der Waals surface area contributed by atoms with Crippen LogP contribution in [0.3, 0.4) is 0 Å². The summed E-state index contributed by atoms with van der Waals surface area (Å²) in [4.78, 5) is 5.81. The molecular weight excluding hydrogens is 290 g/mol. The van der Waals surface area contributed by atoms with Gasteiger partial charge in [-0.15, -0.1) is 11.3 Å². The van der Waals surface area contributed by atoms with Crippen LogP contribution in [0, 0.1) is 0 Å². The fourth-order valence-electron chi connectivity index (χ4n) is 2.52. The van der Waals surface area contributed by atoms with Crippen molar-refractivity contribution in [1.29, 1.82) is 0 Å². The minimum atomic E-state index is 0.541. The van der Waals surface area contributed by atoms with Crippen molar-refractivity contribution in [2.75, 3.05) is 32.7 Å². The smallest absolute Gasteiger partial charge is 0.261 e. The summed E-state index contributed by atoms with van der Waals surface area (Å²) < 4.78 is 15.7. The number of hydrogen-bond donors (Lipinski definition) is 1. The average molecular weight is 309 g/mol. The van der Waals surface area contributed by atoms with Crippen LogP contribution in [0.5, 0.6) is 0 Å². The fourth-order valence-corrected chi connectivity index (χ4v) is 3.68. The molecule has 3 rings (SSSR count). The lowest BCUT2D eigenvalue weighted by Gasteiger charge is -2.00. The molecule has 114 valence electrons. The van der Waals surface area contributed by atoms with Crippen LogP contribution in [0.15, 0.2) is 4.52 Å². The van der Waals surface area contributed by atoms with Crippen LogP contribution in [0.1, 0.15) is 22.7 Å². The van der Waals surface area contributed by atoms with Crippen molar-refractivity contribution in [3.63, 3.8) is 0 Å². The molecule has 2 heterocycles. The molecule has 0 radical (unpaired) electrons. The second kappa shape index (κ2) is 6.55. The first-order valence-corrected chi connectivity index (χ1v) is 7.91. The van der Waals surface area contributed by atoms with Crippen molar-refractivity contribution in [3.05, 3.63) is 16.3 Å². The number of aromatic nitrogens is 2. The highest BCUT2D eigenvalue weighted by atomic mass is 32.1. The first kappa shape index (κ1) is 14.5. The van der Waals surface area contributed by atoms with Crippen LogP contribution >= 0.6 is 11.3 Å². The Morgan fingerprint density at radius 2 is 2.19 bits per heavy atom. The maximum atomic E-state index is 6.10. The second-order valence-corrected chi connectivity index (χ2v) is 6.10. The van der Waals surface area contributed by atoms with Gasteiger partial charge in [0.1, 0.15) is 0 Å². The number of fused-ring (bicyclic) bond motifs is 1. The molecule has 0 fully saturated rings. The number of ether oxygens (including phenoxy) is 2. The number of nitrogens with two attached hydrogens (primary N) is 1. The topological polar surface area (TPSA) is 83.4 Å². The summed E-state index contributed by atoms with van der Waals surface area (Å²) in [5.74, 6) is 1.19. The van der Waals surface area contributed by atoms with Gasteiger partial charge in [-0.25, -0.2) is 0 Å². The molecule has 2 aromatic rings. The largest absolute Gasteiger partial charge is 0.390 e. The van der Waals surface area contributed by atoms with E-state index in [4.69, 9.17) is 19.7 Å². The lowest BCUT2D eigenvalue weighted by Crippen LogP contribution is -2.05. The zero-order valence-corrected chi connectivity index (χ0v) is 12.9. The van der Waals surface area contributed by atoms with Crippen LogP contribution in [0.2, 0.25) is 0 Å². The van der Waals surface area contributed by atoms with E-state index in [2.05, 4.69) is 10.1 Å². The van der Waals surface area contributed by atoms with E-state index in [0.717, 1.165) is 23.4 Å². The molecule has 2 aromatic heterocycles. The van der Waals surface area contributed by atoms with Crippen LogP contribution in [-0.4, -0.2) is 37.1 Å². The molecule has 0 aliphatic heterocycles.